The smallest absolute Gasteiger partial charge is 0.253 e. The van der Waals surface area contributed by atoms with Crippen molar-refractivity contribution in [1.82, 2.24) is 4.90 Å². The second kappa shape index (κ2) is 5.74. The molecule has 1 aliphatic rings. The molecule has 0 saturated heterocycles. The number of aliphatic hydroxyl groups is 1. The van der Waals surface area contributed by atoms with Gasteiger partial charge in [-0.05, 0) is 30.9 Å². The van der Waals surface area contributed by atoms with E-state index in [1.54, 1.807) is 11.9 Å². The van der Waals surface area contributed by atoms with E-state index in [0.29, 0.717) is 6.54 Å². The molecule has 19 heavy (non-hydrogen) atoms. The van der Waals surface area contributed by atoms with Gasteiger partial charge in [-0.15, -0.1) is 0 Å². The zero-order valence-electron chi connectivity index (χ0n) is 11.9. The van der Waals surface area contributed by atoms with Crippen molar-refractivity contribution in [3.63, 3.8) is 0 Å². The van der Waals surface area contributed by atoms with Crippen molar-refractivity contribution >= 4 is 5.91 Å². The van der Waals surface area contributed by atoms with Crippen LogP contribution in [-0.4, -0.2) is 35.1 Å². The SMILES string of the molecule is CCc1ccccc1C(=O)N(C)CC1(O)CCCC1. The lowest BCUT2D eigenvalue weighted by Gasteiger charge is -2.29. The number of aryl methyl sites for hydroxylation is 1. The number of benzene rings is 1. The Morgan fingerprint density at radius 3 is 2.58 bits per heavy atom. The van der Waals surface area contributed by atoms with Crippen LogP contribution < -0.4 is 0 Å². The lowest BCUT2D eigenvalue weighted by Crippen LogP contribution is -2.42. The molecule has 0 spiro atoms. The second-order valence-corrected chi connectivity index (χ2v) is 5.60. The Kier molecular flexibility index (Phi) is 4.25. The summed E-state index contributed by atoms with van der Waals surface area (Å²) in [5.74, 6) is 0.0118. The molecule has 1 aromatic carbocycles. The highest BCUT2D eigenvalue weighted by Crippen LogP contribution is 2.30. The van der Waals surface area contributed by atoms with Crippen molar-refractivity contribution in [2.24, 2.45) is 0 Å². The lowest BCUT2D eigenvalue weighted by atomic mass is 10.0. The standard InChI is InChI=1S/C16H23NO2/c1-3-13-8-4-5-9-14(13)15(18)17(2)12-16(19)10-6-7-11-16/h4-5,8-9,19H,3,6-7,10-12H2,1-2H3. The zero-order valence-corrected chi connectivity index (χ0v) is 11.9. The third-order valence-electron chi connectivity index (χ3n) is 4.04. The summed E-state index contributed by atoms with van der Waals surface area (Å²) >= 11 is 0. The molecule has 1 fully saturated rings. The molecule has 0 aromatic heterocycles. The molecular weight excluding hydrogens is 238 g/mol. The fourth-order valence-electron chi connectivity index (χ4n) is 2.95. The topological polar surface area (TPSA) is 40.5 Å². The Labute approximate surface area is 115 Å². The van der Waals surface area contributed by atoms with Crippen LogP contribution in [0.3, 0.4) is 0 Å². The predicted octanol–water partition coefficient (Wildman–Crippen LogP) is 2.63. The van der Waals surface area contributed by atoms with Crippen molar-refractivity contribution in [1.29, 1.82) is 0 Å². The van der Waals surface area contributed by atoms with Gasteiger partial charge in [-0.25, -0.2) is 0 Å². The maximum absolute atomic E-state index is 12.5. The normalized spacial score (nSPS) is 17.4. The van der Waals surface area contributed by atoms with Crippen molar-refractivity contribution in [3.8, 4) is 0 Å². The molecular formula is C16H23NO2. The highest BCUT2D eigenvalue weighted by molar-refractivity contribution is 5.95. The molecule has 3 heteroatoms. The van der Waals surface area contributed by atoms with E-state index in [1.807, 2.05) is 24.3 Å². The van der Waals surface area contributed by atoms with Gasteiger partial charge in [0.05, 0.1) is 5.60 Å². The summed E-state index contributed by atoms with van der Waals surface area (Å²) in [6.45, 7) is 2.49. The third-order valence-corrected chi connectivity index (χ3v) is 4.04. The van der Waals surface area contributed by atoms with E-state index in [-0.39, 0.29) is 5.91 Å². The van der Waals surface area contributed by atoms with Gasteiger partial charge >= 0.3 is 0 Å². The van der Waals surface area contributed by atoms with Crippen LogP contribution in [0.5, 0.6) is 0 Å². The first kappa shape index (κ1) is 14.1. The van der Waals surface area contributed by atoms with Crippen LogP contribution in [0, 0.1) is 0 Å². The first-order valence-electron chi connectivity index (χ1n) is 7.11. The Hall–Kier alpha value is -1.35. The summed E-state index contributed by atoms with van der Waals surface area (Å²) < 4.78 is 0. The number of carbonyl (C=O) groups is 1. The summed E-state index contributed by atoms with van der Waals surface area (Å²) in [6, 6.07) is 7.71. The fourth-order valence-corrected chi connectivity index (χ4v) is 2.95. The number of nitrogens with zero attached hydrogens (tertiary/aromatic N) is 1. The van der Waals surface area contributed by atoms with E-state index in [1.165, 1.54) is 0 Å². The number of likely N-dealkylation sites (N-methyl/N-ethyl adjacent to an activating group) is 1. The molecule has 1 N–H and O–H groups in total. The highest BCUT2D eigenvalue weighted by Gasteiger charge is 2.33. The summed E-state index contributed by atoms with van der Waals surface area (Å²) in [4.78, 5) is 14.1. The minimum Gasteiger partial charge on any atom is -0.388 e. The third kappa shape index (κ3) is 3.16. The molecule has 0 atom stereocenters. The van der Waals surface area contributed by atoms with Crippen LogP contribution in [0.15, 0.2) is 24.3 Å². The lowest BCUT2D eigenvalue weighted by molar-refractivity contribution is 0.0156. The van der Waals surface area contributed by atoms with Gasteiger partial charge in [0, 0.05) is 19.2 Å². The quantitative estimate of drug-likeness (QED) is 0.905. The Balaban J connectivity index is 2.10. The van der Waals surface area contributed by atoms with Crippen LogP contribution in [0.2, 0.25) is 0 Å². The number of hydrogen-bond acceptors (Lipinski definition) is 2. The van der Waals surface area contributed by atoms with E-state index < -0.39 is 5.60 Å². The van der Waals surface area contributed by atoms with Gasteiger partial charge in [0.2, 0.25) is 0 Å². The molecule has 0 radical (unpaired) electrons. The van der Waals surface area contributed by atoms with E-state index in [9.17, 15) is 9.90 Å². The maximum atomic E-state index is 12.5. The number of amides is 1. The summed E-state index contributed by atoms with van der Waals surface area (Å²) in [7, 11) is 1.78. The molecule has 1 amide bonds. The van der Waals surface area contributed by atoms with Gasteiger partial charge < -0.3 is 10.0 Å². The minimum absolute atomic E-state index is 0.0118. The highest BCUT2D eigenvalue weighted by atomic mass is 16.3. The largest absolute Gasteiger partial charge is 0.388 e. The Bertz CT molecular complexity index is 450. The molecule has 1 aliphatic carbocycles. The molecule has 3 nitrogen and oxygen atoms in total. The van der Waals surface area contributed by atoms with Gasteiger partial charge in [-0.3, -0.25) is 4.79 Å². The average molecular weight is 261 g/mol. The molecule has 0 bridgehead atoms. The van der Waals surface area contributed by atoms with Crippen LogP contribution in [0.25, 0.3) is 0 Å². The zero-order chi connectivity index (χ0) is 13.9. The number of carbonyl (C=O) groups excluding carboxylic acids is 1. The molecule has 0 aliphatic heterocycles. The van der Waals surface area contributed by atoms with Crippen LogP contribution in [0.1, 0.15) is 48.5 Å². The molecule has 104 valence electrons. The summed E-state index contributed by atoms with van der Waals surface area (Å²) in [5.41, 5.74) is 1.15. The van der Waals surface area contributed by atoms with Crippen molar-refractivity contribution in [3.05, 3.63) is 35.4 Å². The minimum atomic E-state index is -0.675. The monoisotopic (exact) mass is 261 g/mol. The van der Waals surface area contributed by atoms with E-state index in [0.717, 1.165) is 43.2 Å². The summed E-state index contributed by atoms with van der Waals surface area (Å²) in [5, 5.41) is 10.4. The first-order valence-corrected chi connectivity index (χ1v) is 7.11. The van der Waals surface area contributed by atoms with Crippen molar-refractivity contribution in [2.75, 3.05) is 13.6 Å². The Morgan fingerprint density at radius 1 is 1.32 bits per heavy atom. The van der Waals surface area contributed by atoms with Crippen LogP contribution >= 0.6 is 0 Å². The molecule has 1 aromatic rings. The number of hydrogen-bond donors (Lipinski definition) is 1. The van der Waals surface area contributed by atoms with E-state index in [2.05, 4.69) is 6.92 Å². The van der Waals surface area contributed by atoms with Gasteiger partial charge in [0.25, 0.3) is 5.91 Å². The maximum Gasteiger partial charge on any atom is 0.253 e. The predicted molar refractivity (Wildman–Crippen MR) is 76.2 cm³/mol. The van der Waals surface area contributed by atoms with Gasteiger partial charge in [-0.2, -0.15) is 0 Å². The first-order chi connectivity index (χ1) is 9.06. The van der Waals surface area contributed by atoms with Crippen molar-refractivity contribution < 1.29 is 9.90 Å². The summed E-state index contributed by atoms with van der Waals surface area (Å²) in [6.07, 6.45) is 4.58. The van der Waals surface area contributed by atoms with Gasteiger partial charge in [0.1, 0.15) is 0 Å². The molecule has 0 heterocycles. The Morgan fingerprint density at radius 2 is 1.95 bits per heavy atom. The average Bonchev–Trinajstić information content (AvgIpc) is 2.84. The van der Waals surface area contributed by atoms with Crippen molar-refractivity contribution in [2.45, 2.75) is 44.6 Å². The molecule has 0 unspecified atom stereocenters. The van der Waals surface area contributed by atoms with Crippen LogP contribution in [0.4, 0.5) is 0 Å². The fraction of sp³-hybridized carbons (Fsp3) is 0.562. The van der Waals surface area contributed by atoms with E-state index in [4.69, 9.17) is 0 Å². The molecule has 1 saturated carbocycles. The second-order valence-electron chi connectivity index (χ2n) is 5.60. The van der Waals surface area contributed by atoms with Gasteiger partial charge in [0.15, 0.2) is 0 Å². The number of rotatable bonds is 4. The van der Waals surface area contributed by atoms with E-state index >= 15 is 0 Å². The molecule has 2 rings (SSSR count). The van der Waals surface area contributed by atoms with Gasteiger partial charge in [-0.1, -0.05) is 38.0 Å². The van der Waals surface area contributed by atoms with Crippen LogP contribution in [-0.2, 0) is 6.42 Å².